The Labute approximate surface area is 173 Å². The molecule has 0 amide bonds. The number of esters is 2. The lowest BCUT2D eigenvalue weighted by Gasteiger charge is -2.10. The van der Waals surface area contributed by atoms with Crippen LogP contribution in [0.25, 0.3) is 10.8 Å². The molecule has 7 nitrogen and oxygen atoms in total. The molecule has 0 radical (unpaired) electrons. The van der Waals surface area contributed by atoms with Gasteiger partial charge in [0.1, 0.15) is 11.3 Å². The largest absolute Gasteiger partial charge is 0.506 e. The first-order chi connectivity index (χ1) is 14.3. The van der Waals surface area contributed by atoms with Crippen LogP contribution in [-0.2, 0) is 20.8 Å². The van der Waals surface area contributed by atoms with Crippen LogP contribution in [0.3, 0.4) is 0 Å². The lowest BCUT2D eigenvalue weighted by atomic mass is 10.1. The van der Waals surface area contributed by atoms with Gasteiger partial charge in [-0.3, -0.25) is 9.59 Å². The van der Waals surface area contributed by atoms with E-state index in [1.54, 1.807) is 31.2 Å². The van der Waals surface area contributed by atoms with Crippen molar-refractivity contribution in [2.24, 2.45) is 0 Å². The summed E-state index contributed by atoms with van der Waals surface area (Å²) in [6.45, 7) is 3.55. The van der Waals surface area contributed by atoms with Crippen molar-refractivity contribution >= 4 is 28.5 Å². The van der Waals surface area contributed by atoms with Crippen molar-refractivity contribution in [3.63, 3.8) is 0 Å². The average molecular weight is 409 g/mol. The zero-order valence-electron chi connectivity index (χ0n) is 17.1. The number of methoxy groups -OCH3 is 1. The van der Waals surface area contributed by atoms with Crippen LogP contribution in [0.15, 0.2) is 42.5 Å². The van der Waals surface area contributed by atoms with Crippen molar-refractivity contribution in [1.29, 1.82) is 0 Å². The van der Waals surface area contributed by atoms with E-state index in [-0.39, 0.29) is 29.5 Å². The minimum absolute atomic E-state index is 0.00468. The monoisotopic (exact) mass is 409 g/mol. The number of benzene rings is 2. The van der Waals surface area contributed by atoms with E-state index < -0.39 is 12.6 Å². The second-order valence-corrected chi connectivity index (χ2v) is 6.94. The Morgan fingerprint density at radius 3 is 2.50 bits per heavy atom. The number of phenols is 1. The Hall–Kier alpha value is -3.61. The second-order valence-electron chi connectivity index (χ2n) is 6.94. The van der Waals surface area contributed by atoms with E-state index in [1.165, 1.54) is 13.2 Å². The number of fused-ring (bicyclic) bond motifs is 1. The fourth-order valence-corrected chi connectivity index (χ4v) is 3.44. The topological polar surface area (TPSA) is 94.8 Å². The number of ketones is 1. The molecule has 1 aromatic heterocycles. The maximum atomic E-state index is 12.6. The van der Waals surface area contributed by atoms with Crippen LogP contribution in [0.5, 0.6) is 5.75 Å². The highest BCUT2D eigenvalue weighted by atomic mass is 16.5. The summed E-state index contributed by atoms with van der Waals surface area (Å²) in [5.74, 6) is -1.64. The van der Waals surface area contributed by atoms with E-state index in [9.17, 15) is 19.5 Å². The van der Waals surface area contributed by atoms with E-state index in [4.69, 9.17) is 4.74 Å². The van der Waals surface area contributed by atoms with E-state index in [2.05, 4.69) is 4.74 Å². The number of rotatable bonds is 7. The van der Waals surface area contributed by atoms with Crippen molar-refractivity contribution in [3.8, 4) is 5.75 Å². The van der Waals surface area contributed by atoms with Crippen molar-refractivity contribution in [2.75, 3.05) is 13.7 Å². The standard InChI is InChI=1S/C23H23NO6/c1-14-12-19(15(2)24(14)11-10-21(26)29-3)20(25)13-30-23(28)18-9-8-16-6-4-5-7-17(16)22(18)27/h4-9,12,27H,10-11,13H2,1-3H3. The fourth-order valence-electron chi connectivity index (χ4n) is 3.44. The molecule has 3 aromatic rings. The number of phenolic OH excluding ortho intramolecular Hbond substituents is 1. The predicted molar refractivity (Wildman–Crippen MR) is 111 cm³/mol. The Balaban J connectivity index is 1.71. The summed E-state index contributed by atoms with van der Waals surface area (Å²) >= 11 is 0. The molecular weight excluding hydrogens is 386 g/mol. The van der Waals surface area contributed by atoms with Gasteiger partial charge in [-0.15, -0.1) is 0 Å². The molecule has 0 saturated heterocycles. The first kappa shape index (κ1) is 21.1. The normalized spacial score (nSPS) is 10.8. The van der Waals surface area contributed by atoms with Gasteiger partial charge in [0.2, 0.25) is 5.78 Å². The first-order valence-electron chi connectivity index (χ1n) is 9.48. The van der Waals surface area contributed by atoms with Crippen LogP contribution in [0.4, 0.5) is 0 Å². The number of aromatic nitrogens is 1. The highest BCUT2D eigenvalue weighted by Gasteiger charge is 2.20. The summed E-state index contributed by atoms with van der Waals surface area (Å²) < 4.78 is 11.7. The number of aryl methyl sites for hydroxylation is 1. The van der Waals surface area contributed by atoms with Crippen molar-refractivity contribution in [3.05, 3.63) is 65.0 Å². The smallest absolute Gasteiger partial charge is 0.342 e. The Morgan fingerprint density at radius 2 is 1.77 bits per heavy atom. The number of aromatic hydroxyl groups is 1. The van der Waals surface area contributed by atoms with Crippen molar-refractivity contribution in [1.82, 2.24) is 4.57 Å². The zero-order chi connectivity index (χ0) is 21.8. The molecule has 0 fully saturated rings. The third kappa shape index (κ3) is 4.20. The highest BCUT2D eigenvalue weighted by Crippen LogP contribution is 2.29. The van der Waals surface area contributed by atoms with E-state index in [1.807, 2.05) is 23.6 Å². The second kappa shape index (κ2) is 8.82. The third-order valence-electron chi connectivity index (χ3n) is 5.10. The molecule has 0 aliphatic rings. The van der Waals surface area contributed by atoms with Gasteiger partial charge in [-0.2, -0.15) is 0 Å². The number of nitrogens with zero attached hydrogens (tertiary/aromatic N) is 1. The lowest BCUT2D eigenvalue weighted by Crippen LogP contribution is -2.15. The molecule has 1 N–H and O–H groups in total. The predicted octanol–water partition coefficient (Wildman–Crippen LogP) is 3.57. The Morgan fingerprint density at radius 1 is 1.03 bits per heavy atom. The molecule has 3 rings (SSSR count). The molecule has 156 valence electrons. The number of ether oxygens (including phenoxy) is 2. The van der Waals surface area contributed by atoms with Gasteiger partial charge < -0.3 is 19.1 Å². The Kier molecular flexibility index (Phi) is 6.20. The van der Waals surface area contributed by atoms with Crippen LogP contribution < -0.4 is 0 Å². The molecule has 0 atom stereocenters. The van der Waals surface area contributed by atoms with Crippen LogP contribution in [0.1, 0.15) is 38.5 Å². The summed E-state index contributed by atoms with van der Waals surface area (Å²) in [5.41, 5.74) is 1.93. The quantitative estimate of drug-likeness (QED) is 0.474. The van der Waals surface area contributed by atoms with Gasteiger partial charge >= 0.3 is 11.9 Å². The maximum Gasteiger partial charge on any atom is 0.342 e. The van der Waals surface area contributed by atoms with Gasteiger partial charge in [-0.1, -0.05) is 30.3 Å². The van der Waals surface area contributed by atoms with Crippen LogP contribution in [-0.4, -0.2) is 41.1 Å². The summed E-state index contributed by atoms with van der Waals surface area (Å²) in [6, 6.07) is 12.0. The number of carbonyl (C=O) groups is 3. The van der Waals surface area contributed by atoms with Gasteiger partial charge in [-0.05, 0) is 31.4 Å². The lowest BCUT2D eigenvalue weighted by molar-refractivity contribution is -0.140. The molecule has 0 bridgehead atoms. The minimum Gasteiger partial charge on any atom is -0.506 e. The molecule has 1 heterocycles. The summed E-state index contributed by atoms with van der Waals surface area (Å²) in [6.07, 6.45) is 0.191. The Bertz CT molecular complexity index is 1130. The molecule has 30 heavy (non-hydrogen) atoms. The van der Waals surface area contributed by atoms with Gasteiger partial charge in [0.25, 0.3) is 0 Å². The molecule has 2 aromatic carbocycles. The SMILES string of the molecule is COC(=O)CCn1c(C)cc(C(=O)COC(=O)c2ccc3ccccc3c2O)c1C. The van der Waals surface area contributed by atoms with Crippen LogP contribution in [0.2, 0.25) is 0 Å². The number of Topliss-reactive ketones (excluding diaryl/α,β-unsaturated/α-hetero) is 1. The number of hydrogen-bond donors (Lipinski definition) is 1. The van der Waals surface area contributed by atoms with E-state index in [0.29, 0.717) is 23.2 Å². The van der Waals surface area contributed by atoms with Crippen LogP contribution >= 0.6 is 0 Å². The fraction of sp³-hybridized carbons (Fsp3) is 0.261. The first-order valence-corrected chi connectivity index (χ1v) is 9.48. The summed E-state index contributed by atoms with van der Waals surface area (Å²) in [4.78, 5) is 36.4. The number of carbonyl (C=O) groups excluding carboxylic acids is 3. The molecule has 0 aliphatic carbocycles. The third-order valence-corrected chi connectivity index (χ3v) is 5.10. The number of hydrogen-bond acceptors (Lipinski definition) is 6. The highest BCUT2D eigenvalue weighted by molar-refractivity contribution is 6.03. The van der Waals surface area contributed by atoms with Crippen molar-refractivity contribution < 1.29 is 29.0 Å². The molecular formula is C23H23NO6. The van der Waals surface area contributed by atoms with Crippen LogP contribution in [0, 0.1) is 13.8 Å². The molecule has 0 aliphatic heterocycles. The zero-order valence-corrected chi connectivity index (χ0v) is 17.1. The summed E-state index contributed by atoms with van der Waals surface area (Å²) in [7, 11) is 1.33. The van der Waals surface area contributed by atoms with Gasteiger partial charge in [0.15, 0.2) is 6.61 Å². The molecule has 0 unspecified atom stereocenters. The molecule has 7 heteroatoms. The van der Waals surface area contributed by atoms with Gasteiger partial charge in [0, 0.05) is 28.9 Å². The minimum atomic E-state index is -0.772. The van der Waals surface area contributed by atoms with Crippen molar-refractivity contribution in [2.45, 2.75) is 26.8 Å². The van der Waals surface area contributed by atoms with E-state index >= 15 is 0 Å². The molecule has 0 saturated carbocycles. The van der Waals surface area contributed by atoms with E-state index in [0.717, 1.165) is 11.1 Å². The maximum absolute atomic E-state index is 12.6. The molecule has 0 spiro atoms. The average Bonchev–Trinajstić information content (AvgIpc) is 3.04. The van der Waals surface area contributed by atoms with Gasteiger partial charge in [0.05, 0.1) is 13.5 Å². The summed E-state index contributed by atoms with van der Waals surface area (Å²) in [5, 5.41) is 11.7. The van der Waals surface area contributed by atoms with Gasteiger partial charge in [-0.25, -0.2) is 4.79 Å².